The van der Waals surface area contributed by atoms with Crippen molar-refractivity contribution in [2.24, 2.45) is 0 Å². The lowest BCUT2D eigenvalue weighted by Gasteiger charge is -2.02. The number of thiazole rings is 1. The van der Waals surface area contributed by atoms with Gasteiger partial charge in [-0.3, -0.25) is 4.79 Å². The first-order chi connectivity index (χ1) is 11.0. The molecular formula is C16H12Cl2N2OS2. The first-order valence-corrected chi connectivity index (χ1v) is 9.32. The Morgan fingerprint density at radius 1 is 1.17 bits per heavy atom. The number of amides is 1. The standard InChI is InChI=1S/C16H12Cl2N2OS2/c1-9-2-4-10(5-3-9)22-8-13(21)19-16-20-14-11(17)6-7-12(18)15(14)23-16/h2-7H,8H2,1H3,(H,19,20,21). The first kappa shape index (κ1) is 16.6. The van der Waals surface area contributed by atoms with Gasteiger partial charge in [0.05, 0.1) is 20.5 Å². The maximum Gasteiger partial charge on any atom is 0.236 e. The van der Waals surface area contributed by atoms with Crippen molar-refractivity contribution in [2.75, 3.05) is 11.1 Å². The van der Waals surface area contributed by atoms with E-state index in [9.17, 15) is 4.79 Å². The average Bonchev–Trinajstić information content (AvgIpc) is 2.95. The SMILES string of the molecule is Cc1ccc(SCC(=O)Nc2nc3c(Cl)ccc(Cl)c3s2)cc1. The smallest absolute Gasteiger partial charge is 0.236 e. The normalized spacial score (nSPS) is 10.9. The van der Waals surface area contributed by atoms with Crippen LogP contribution in [-0.4, -0.2) is 16.6 Å². The van der Waals surface area contributed by atoms with Crippen LogP contribution in [0.5, 0.6) is 0 Å². The van der Waals surface area contributed by atoms with E-state index in [0.717, 1.165) is 9.60 Å². The number of benzene rings is 2. The highest BCUT2D eigenvalue weighted by atomic mass is 35.5. The van der Waals surface area contributed by atoms with Gasteiger partial charge >= 0.3 is 0 Å². The predicted molar refractivity (Wildman–Crippen MR) is 100 cm³/mol. The molecule has 0 aliphatic heterocycles. The monoisotopic (exact) mass is 382 g/mol. The molecular weight excluding hydrogens is 371 g/mol. The van der Waals surface area contributed by atoms with Gasteiger partial charge in [-0.2, -0.15) is 0 Å². The summed E-state index contributed by atoms with van der Waals surface area (Å²) in [4.78, 5) is 17.5. The molecule has 1 aromatic heterocycles. The number of aromatic nitrogens is 1. The number of hydrogen-bond acceptors (Lipinski definition) is 4. The molecule has 0 bridgehead atoms. The fraction of sp³-hybridized carbons (Fsp3) is 0.125. The van der Waals surface area contributed by atoms with Crippen molar-refractivity contribution in [2.45, 2.75) is 11.8 Å². The molecule has 0 fully saturated rings. The van der Waals surface area contributed by atoms with E-state index in [4.69, 9.17) is 23.2 Å². The van der Waals surface area contributed by atoms with Gasteiger partial charge < -0.3 is 5.32 Å². The molecule has 7 heteroatoms. The predicted octanol–water partition coefficient (Wildman–Crippen LogP) is 5.64. The Balaban J connectivity index is 1.67. The van der Waals surface area contributed by atoms with E-state index in [1.165, 1.54) is 28.7 Å². The summed E-state index contributed by atoms with van der Waals surface area (Å²) in [6, 6.07) is 11.5. The molecule has 0 radical (unpaired) electrons. The zero-order chi connectivity index (χ0) is 16.4. The van der Waals surface area contributed by atoms with Crippen molar-refractivity contribution in [1.82, 2.24) is 4.98 Å². The minimum absolute atomic E-state index is 0.109. The second kappa shape index (κ2) is 7.09. The van der Waals surface area contributed by atoms with Crippen LogP contribution in [0.25, 0.3) is 10.2 Å². The first-order valence-electron chi connectivity index (χ1n) is 6.77. The van der Waals surface area contributed by atoms with Crippen LogP contribution in [0.2, 0.25) is 10.0 Å². The zero-order valence-electron chi connectivity index (χ0n) is 12.1. The molecule has 3 nitrogen and oxygen atoms in total. The summed E-state index contributed by atoms with van der Waals surface area (Å²) in [6.07, 6.45) is 0. The number of nitrogens with zero attached hydrogens (tertiary/aromatic N) is 1. The molecule has 3 aromatic rings. The van der Waals surface area contributed by atoms with Crippen LogP contribution in [0.15, 0.2) is 41.3 Å². The Morgan fingerprint density at radius 2 is 1.87 bits per heavy atom. The molecule has 0 aliphatic rings. The molecule has 2 aromatic carbocycles. The number of hydrogen-bond donors (Lipinski definition) is 1. The van der Waals surface area contributed by atoms with Gasteiger partial charge in [0.2, 0.25) is 5.91 Å². The Hall–Kier alpha value is -1.27. The summed E-state index contributed by atoms with van der Waals surface area (Å²) in [5.74, 6) is 0.211. The Bertz CT molecular complexity index is 823. The third kappa shape index (κ3) is 3.98. The van der Waals surface area contributed by atoms with Gasteiger partial charge in [-0.05, 0) is 31.2 Å². The molecule has 0 saturated carbocycles. The molecule has 1 N–H and O–H groups in total. The quantitative estimate of drug-likeness (QED) is 0.593. The fourth-order valence-electron chi connectivity index (χ4n) is 1.94. The van der Waals surface area contributed by atoms with Crippen LogP contribution < -0.4 is 5.32 Å². The number of aryl methyl sites for hydroxylation is 1. The van der Waals surface area contributed by atoms with E-state index in [2.05, 4.69) is 10.3 Å². The average molecular weight is 383 g/mol. The summed E-state index contributed by atoms with van der Waals surface area (Å²) in [5.41, 5.74) is 1.81. The Morgan fingerprint density at radius 3 is 2.57 bits per heavy atom. The summed E-state index contributed by atoms with van der Waals surface area (Å²) < 4.78 is 0.778. The summed E-state index contributed by atoms with van der Waals surface area (Å²) >= 11 is 15.0. The number of anilines is 1. The van der Waals surface area contributed by atoms with Crippen molar-refractivity contribution >= 4 is 67.6 Å². The molecule has 3 rings (SSSR count). The highest BCUT2D eigenvalue weighted by molar-refractivity contribution is 8.00. The highest BCUT2D eigenvalue weighted by Gasteiger charge is 2.12. The van der Waals surface area contributed by atoms with Gasteiger partial charge in [0.25, 0.3) is 0 Å². The van der Waals surface area contributed by atoms with Crippen molar-refractivity contribution in [3.63, 3.8) is 0 Å². The van der Waals surface area contributed by atoms with Gasteiger partial charge in [-0.15, -0.1) is 11.8 Å². The lowest BCUT2D eigenvalue weighted by atomic mass is 10.2. The topological polar surface area (TPSA) is 42.0 Å². The Kier molecular flexibility index (Phi) is 5.11. The minimum atomic E-state index is -0.109. The number of fused-ring (bicyclic) bond motifs is 1. The molecule has 118 valence electrons. The van der Waals surface area contributed by atoms with E-state index >= 15 is 0 Å². The van der Waals surface area contributed by atoms with Crippen LogP contribution in [0, 0.1) is 6.92 Å². The third-order valence-electron chi connectivity index (χ3n) is 3.08. The lowest BCUT2D eigenvalue weighted by Crippen LogP contribution is -2.13. The number of nitrogens with one attached hydrogen (secondary N) is 1. The van der Waals surface area contributed by atoms with E-state index in [0.29, 0.717) is 26.4 Å². The number of carbonyl (C=O) groups is 1. The van der Waals surface area contributed by atoms with Crippen molar-refractivity contribution in [3.05, 3.63) is 52.0 Å². The molecule has 0 atom stereocenters. The van der Waals surface area contributed by atoms with Crippen LogP contribution in [0.4, 0.5) is 5.13 Å². The molecule has 23 heavy (non-hydrogen) atoms. The van der Waals surface area contributed by atoms with Gasteiger partial charge in [0, 0.05) is 4.90 Å². The van der Waals surface area contributed by atoms with Gasteiger partial charge in [-0.25, -0.2) is 4.98 Å². The largest absolute Gasteiger partial charge is 0.301 e. The van der Waals surface area contributed by atoms with Crippen LogP contribution >= 0.6 is 46.3 Å². The number of carbonyl (C=O) groups excluding carboxylic acids is 1. The van der Waals surface area contributed by atoms with Crippen molar-refractivity contribution in [1.29, 1.82) is 0 Å². The van der Waals surface area contributed by atoms with Gasteiger partial charge in [0.15, 0.2) is 5.13 Å². The highest BCUT2D eigenvalue weighted by Crippen LogP contribution is 2.36. The van der Waals surface area contributed by atoms with Crippen LogP contribution in [0.3, 0.4) is 0 Å². The number of halogens is 2. The van der Waals surface area contributed by atoms with Gasteiger partial charge in [0.1, 0.15) is 5.52 Å². The second-order valence-corrected chi connectivity index (χ2v) is 7.74. The summed E-state index contributed by atoms with van der Waals surface area (Å²) in [6.45, 7) is 2.03. The molecule has 0 aliphatic carbocycles. The van der Waals surface area contributed by atoms with Crippen LogP contribution in [0.1, 0.15) is 5.56 Å². The van der Waals surface area contributed by atoms with Crippen molar-refractivity contribution in [3.8, 4) is 0 Å². The summed E-state index contributed by atoms with van der Waals surface area (Å²) in [5, 5.41) is 4.41. The maximum absolute atomic E-state index is 12.1. The Labute approximate surface area is 152 Å². The van der Waals surface area contributed by atoms with Crippen LogP contribution in [-0.2, 0) is 4.79 Å². The molecule has 1 heterocycles. The molecule has 0 saturated heterocycles. The van der Waals surface area contributed by atoms with Crippen molar-refractivity contribution < 1.29 is 4.79 Å². The maximum atomic E-state index is 12.1. The van der Waals surface area contributed by atoms with Gasteiger partial charge in [-0.1, -0.05) is 52.2 Å². The number of thioether (sulfide) groups is 1. The third-order valence-corrected chi connectivity index (χ3v) is 5.83. The molecule has 0 unspecified atom stereocenters. The fourth-order valence-corrected chi connectivity index (χ4v) is 4.07. The van der Waals surface area contributed by atoms with E-state index in [1.807, 2.05) is 31.2 Å². The van der Waals surface area contributed by atoms with E-state index < -0.39 is 0 Å². The number of rotatable bonds is 4. The minimum Gasteiger partial charge on any atom is -0.301 e. The lowest BCUT2D eigenvalue weighted by molar-refractivity contribution is -0.113. The summed E-state index contributed by atoms with van der Waals surface area (Å²) in [7, 11) is 0. The molecule has 0 spiro atoms. The molecule has 1 amide bonds. The second-order valence-electron chi connectivity index (χ2n) is 4.88. The van der Waals surface area contributed by atoms with E-state index in [1.54, 1.807) is 12.1 Å². The van der Waals surface area contributed by atoms with E-state index in [-0.39, 0.29) is 5.91 Å². The zero-order valence-corrected chi connectivity index (χ0v) is 15.2.